The first-order valence-electron chi connectivity index (χ1n) is 4.91. The number of carboxylic acid groups (broad SMARTS) is 1. The molecule has 0 bridgehead atoms. The van der Waals surface area contributed by atoms with Crippen molar-refractivity contribution < 1.29 is 14.3 Å². The van der Waals surface area contributed by atoms with Gasteiger partial charge < -0.3 is 15.7 Å². The first-order valence-corrected chi connectivity index (χ1v) is 5.72. The first kappa shape index (κ1) is 11.1. The summed E-state index contributed by atoms with van der Waals surface area (Å²) in [6, 6.07) is 0. The second-order valence-corrected chi connectivity index (χ2v) is 4.83. The number of hydrogen-bond donors (Lipinski definition) is 2. The molecule has 16 heavy (non-hydrogen) atoms. The van der Waals surface area contributed by atoms with Crippen LogP contribution >= 0.6 is 11.3 Å². The summed E-state index contributed by atoms with van der Waals surface area (Å²) in [5, 5.41) is 9.17. The standard InChI is InChI=1S/C9H12FN3O2S/c10-6-4-13(9(14)15)2-1-5(6)7-3-12-8(11)16-7/h3,5-6H,1-2,4H2,(H2,11,12)(H,14,15)/t5?,6-/m1/s1. The third-order valence-corrected chi connectivity index (χ3v) is 3.68. The molecule has 0 aromatic carbocycles. The van der Waals surface area contributed by atoms with Gasteiger partial charge in [-0.2, -0.15) is 0 Å². The number of amides is 1. The summed E-state index contributed by atoms with van der Waals surface area (Å²) in [6.07, 6.45) is -0.183. The molecule has 1 amide bonds. The first-order chi connectivity index (χ1) is 7.58. The number of aromatic nitrogens is 1. The fourth-order valence-corrected chi connectivity index (χ4v) is 2.74. The lowest BCUT2D eigenvalue weighted by Crippen LogP contribution is -2.43. The van der Waals surface area contributed by atoms with Crippen LogP contribution in [0.1, 0.15) is 17.2 Å². The zero-order valence-electron chi connectivity index (χ0n) is 8.47. The van der Waals surface area contributed by atoms with Crippen LogP contribution in [-0.2, 0) is 0 Å². The number of likely N-dealkylation sites (tertiary alicyclic amines) is 1. The highest BCUT2D eigenvalue weighted by molar-refractivity contribution is 7.15. The summed E-state index contributed by atoms with van der Waals surface area (Å²) in [6.45, 7) is 0.288. The number of carbonyl (C=O) groups is 1. The van der Waals surface area contributed by atoms with Crippen LogP contribution in [0.25, 0.3) is 0 Å². The van der Waals surface area contributed by atoms with E-state index in [0.717, 1.165) is 9.78 Å². The largest absolute Gasteiger partial charge is 0.465 e. The molecule has 0 saturated carbocycles. The van der Waals surface area contributed by atoms with E-state index >= 15 is 0 Å². The second-order valence-electron chi connectivity index (χ2n) is 3.74. The van der Waals surface area contributed by atoms with Crippen molar-refractivity contribution in [3.63, 3.8) is 0 Å². The van der Waals surface area contributed by atoms with Crippen LogP contribution in [0.5, 0.6) is 0 Å². The van der Waals surface area contributed by atoms with E-state index in [0.29, 0.717) is 18.1 Å². The molecular formula is C9H12FN3O2S. The average molecular weight is 245 g/mol. The lowest BCUT2D eigenvalue weighted by molar-refractivity contribution is 0.0969. The van der Waals surface area contributed by atoms with Crippen molar-refractivity contribution in [3.05, 3.63) is 11.1 Å². The molecule has 0 radical (unpaired) electrons. The smallest absolute Gasteiger partial charge is 0.407 e. The number of hydrogen-bond acceptors (Lipinski definition) is 4. The van der Waals surface area contributed by atoms with Gasteiger partial charge in [-0.15, -0.1) is 11.3 Å². The van der Waals surface area contributed by atoms with Crippen LogP contribution in [0.4, 0.5) is 14.3 Å². The molecule has 1 aromatic heterocycles. The molecule has 1 saturated heterocycles. The number of anilines is 1. The van der Waals surface area contributed by atoms with Crippen molar-refractivity contribution in [2.75, 3.05) is 18.8 Å². The number of nitrogens with two attached hydrogens (primary N) is 1. The third-order valence-electron chi connectivity index (χ3n) is 2.72. The van der Waals surface area contributed by atoms with Gasteiger partial charge in [-0.05, 0) is 6.42 Å². The molecule has 2 heterocycles. The topological polar surface area (TPSA) is 79.5 Å². The number of thiazole rings is 1. The van der Waals surface area contributed by atoms with E-state index in [4.69, 9.17) is 10.8 Å². The summed E-state index contributed by atoms with van der Waals surface area (Å²) in [5.74, 6) is -0.273. The molecular weight excluding hydrogens is 233 g/mol. The minimum atomic E-state index is -1.18. The van der Waals surface area contributed by atoms with Crippen molar-refractivity contribution in [2.45, 2.75) is 18.5 Å². The summed E-state index contributed by atoms with van der Waals surface area (Å²) < 4.78 is 13.8. The number of halogens is 1. The zero-order chi connectivity index (χ0) is 11.7. The monoisotopic (exact) mass is 245 g/mol. The Morgan fingerprint density at radius 2 is 2.50 bits per heavy atom. The maximum atomic E-state index is 13.8. The summed E-state index contributed by atoms with van der Waals surface area (Å²) >= 11 is 1.27. The highest BCUT2D eigenvalue weighted by atomic mass is 32.1. The number of piperidine rings is 1. The molecule has 2 atom stereocenters. The fourth-order valence-electron chi connectivity index (χ4n) is 1.87. The molecule has 7 heteroatoms. The normalized spacial score (nSPS) is 25.7. The van der Waals surface area contributed by atoms with Gasteiger partial charge in [-0.3, -0.25) is 0 Å². The maximum Gasteiger partial charge on any atom is 0.407 e. The molecule has 1 aromatic rings. The van der Waals surface area contributed by atoms with Gasteiger partial charge in [0.1, 0.15) is 6.17 Å². The van der Waals surface area contributed by atoms with E-state index in [1.807, 2.05) is 0 Å². The summed E-state index contributed by atoms with van der Waals surface area (Å²) in [4.78, 5) is 16.5. The van der Waals surface area contributed by atoms with E-state index < -0.39 is 12.3 Å². The Labute approximate surface area is 95.7 Å². The van der Waals surface area contributed by atoms with Crippen molar-refractivity contribution in [3.8, 4) is 0 Å². The Bertz CT molecular complexity index is 398. The van der Waals surface area contributed by atoms with E-state index in [9.17, 15) is 9.18 Å². The molecule has 3 N–H and O–H groups in total. The Hall–Kier alpha value is -1.37. The van der Waals surface area contributed by atoms with Crippen LogP contribution < -0.4 is 5.73 Å². The SMILES string of the molecule is Nc1ncc(C2CCN(C(=O)O)C[C@H]2F)s1. The van der Waals surface area contributed by atoms with Crippen molar-refractivity contribution in [1.29, 1.82) is 0 Å². The predicted molar refractivity (Wildman–Crippen MR) is 58.4 cm³/mol. The van der Waals surface area contributed by atoms with Gasteiger partial charge in [0, 0.05) is 23.5 Å². The Morgan fingerprint density at radius 1 is 1.75 bits per heavy atom. The fraction of sp³-hybridized carbons (Fsp3) is 0.556. The molecule has 1 aliphatic heterocycles. The lowest BCUT2D eigenvalue weighted by Gasteiger charge is -2.32. The maximum absolute atomic E-state index is 13.8. The van der Waals surface area contributed by atoms with Gasteiger partial charge in [0.15, 0.2) is 5.13 Å². The number of rotatable bonds is 1. The minimum absolute atomic E-state index is 0.0716. The molecule has 0 aliphatic carbocycles. The molecule has 1 unspecified atom stereocenters. The van der Waals surface area contributed by atoms with Crippen LogP contribution in [0, 0.1) is 0 Å². The molecule has 5 nitrogen and oxygen atoms in total. The third kappa shape index (κ3) is 2.08. The van der Waals surface area contributed by atoms with Crippen molar-refractivity contribution in [2.24, 2.45) is 0 Å². The van der Waals surface area contributed by atoms with Gasteiger partial charge >= 0.3 is 6.09 Å². The highest BCUT2D eigenvalue weighted by Crippen LogP contribution is 2.34. The highest BCUT2D eigenvalue weighted by Gasteiger charge is 2.33. The summed E-state index contributed by atoms with van der Waals surface area (Å²) in [5.41, 5.74) is 5.49. The number of alkyl halides is 1. The van der Waals surface area contributed by atoms with Crippen LogP contribution in [0.15, 0.2) is 6.20 Å². The van der Waals surface area contributed by atoms with Crippen LogP contribution in [0.2, 0.25) is 0 Å². The van der Waals surface area contributed by atoms with Gasteiger partial charge in [0.05, 0.1) is 6.54 Å². The summed E-state index contributed by atoms with van der Waals surface area (Å²) in [7, 11) is 0. The van der Waals surface area contributed by atoms with E-state index in [2.05, 4.69) is 4.98 Å². The number of nitrogen functional groups attached to an aromatic ring is 1. The van der Waals surface area contributed by atoms with Crippen LogP contribution in [0.3, 0.4) is 0 Å². The molecule has 2 rings (SSSR count). The molecule has 0 spiro atoms. The molecule has 88 valence electrons. The Morgan fingerprint density at radius 3 is 3.00 bits per heavy atom. The van der Waals surface area contributed by atoms with Gasteiger partial charge in [0.2, 0.25) is 0 Å². The Balaban J connectivity index is 2.07. The molecule has 1 aliphatic rings. The van der Waals surface area contributed by atoms with Gasteiger partial charge in [-0.1, -0.05) is 0 Å². The minimum Gasteiger partial charge on any atom is -0.465 e. The predicted octanol–water partition coefficient (Wildman–Crippen LogP) is 1.53. The molecule has 1 fully saturated rings. The Kier molecular flexibility index (Phi) is 2.95. The van der Waals surface area contributed by atoms with Gasteiger partial charge in [0.25, 0.3) is 0 Å². The van der Waals surface area contributed by atoms with Crippen molar-refractivity contribution >= 4 is 22.6 Å². The zero-order valence-corrected chi connectivity index (χ0v) is 9.28. The van der Waals surface area contributed by atoms with E-state index in [-0.39, 0.29) is 12.5 Å². The number of nitrogens with zero attached hydrogens (tertiary/aromatic N) is 2. The lowest BCUT2D eigenvalue weighted by atomic mass is 9.94. The van der Waals surface area contributed by atoms with Gasteiger partial charge in [-0.25, -0.2) is 14.2 Å². The quantitative estimate of drug-likeness (QED) is 0.786. The second kappa shape index (κ2) is 4.25. The van der Waals surface area contributed by atoms with E-state index in [1.165, 1.54) is 11.3 Å². The van der Waals surface area contributed by atoms with Crippen molar-refractivity contribution in [1.82, 2.24) is 9.88 Å². The van der Waals surface area contributed by atoms with Crippen LogP contribution in [-0.4, -0.2) is 40.3 Å². The van der Waals surface area contributed by atoms with E-state index in [1.54, 1.807) is 6.20 Å². The average Bonchev–Trinajstić information content (AvgIpc) is 2.64.